The zero-order chi connectivity index (χ0) is 10.9. The van der Waals surface area contributed by atoms with Crippen LogP contribution in [0, 0.1) is 0 Å². The van der Waals surface area contributed by atoms with Crippen LogP contribution < -0.4 is 0 Å². The molecule has 0 bridgehead atoms. The maximum atomic E-state index is 2.33. The molecule has 2 heteroatoms. The van der Waals surface area contributed by atoms with Crippen LogP contribution in [-0.2, 0) is 12.8 Å². The first kappa shape index (κ1) is 16.5. The van der Waals surface area contributed by atoms with Gasteiger partial charge in [0.15, 0.2) is 0 Å². The Labute approximate surface area is 122 Å². The Balaban J connectivity index is 0.00000225. The molecule has 0 saturated carbocycles. The number of unbranched alkanes of at least 4 members (excludes halogenated alkanes) is 4. The van der Waals surface area contributed by atoms with Crippen molar-refractivity contribution in [3.8, 4) is 0 Å². The van der Waals surface area contributed by atoms with E-state index < -0.39 is 0 Å². The Morgan fingerprint density at radius 2 is 1.69 bits per heavy atom. The first-order valence-corrected chi connectivity index (χ1v) is 7.31. The monoisotopic (exact) mass is 344 g/mol. The largest absolute Gasteiger partial charge is 0.149 e. The Morgan fingerprint density at radius 3 is 2.38 bits per heavy atom. The molecule has 0 atom stereocenters. The van der Waals surface area contributed by atoms with Gasteiger partial charge in [-0.1, -0.05) is 39.5 Å². The minimum Gasteiger partial charge on any atom is -0.149 e. The van der Waals surface area contributed by atoms with Gasteiger partial charge in [0.2, 0.25) is 0 Å². The van der Waals surface area contributed by atoms with Gasteiger partial charge in [-0.25, -0.2) is 0 Å². The second-order valence-electron chi connectivity index (χ2n) is 4.28. The van der Waals surface area contributed by atoms with Crippen LogP contribution in [0.5, 0.6) is 0 Å². The summed E-state index contributed by atoms with van der Waals surface area (Å²) in [5.74, 6) is 0. The van der Waals surface area contributed by atoms with Gasteiger partial charge in [-0.15, -0.1) is 11.3 Å². The normalized spacial score (nSPS) is 10.1. The predicted molar refractivity (Wildman–Crippen MR) is 76.5 cm³/mol. The molecule has 0 aromatic carbocycles. The van der Waals surface area contributed by atoms with Crippen LogP contribution >= 0.6 is 11.3 Å². The Hall–Kier alpha value is 0.499. The van der Waals surface area contributed by atoms with Crippen LogP contribution in [-0.4, -0.2) is 23.9 Å². The van der Waals surface area contributed by atoms with Crippen molar-refractivity contribution in [1.29, 1.82) is 0 Å². The van der Waals surface area contributed by atoms with Crippen LogP contribution in [0.2, 0.25) is 0 Å². The Bertz CT molecular complexity index is 255. The van der Waals surface area contributed by atoms with Crippen LogP contribution in [0.1, 0.15) is 62.8 Å². The summed E-state index contributed by atoms with van der Waals surface area (Å²) in [5.41, 5.74) is 1.63. The molecule has 0 spiro atoms. The third kappa shape index (κ3) is 6.29. The molecule has 1 aromatic rings. The number of hydrogen-bond acceptors (Lipinski definition) is 1. The van der Waals surface area contributed by atoms with E-state index in [1.165, 1.54) is 51.4 Å². The number of hydrogen-bond donors (Lipinski definition) is 0. The fraction of sp³-hybridized carbons (Fsp3) is 0.714. The molecule has 0 saturated heterocycles. The van der Waals surface area contributed by atoms with Crippen molar-refractivity contribution in [2.24, 2.45) is 0 Å². The van der Waals surface area contributed by atoms with Crippen molar-refractivity contribution in [2.45, 2.75) is 65.2 Å². The summed E-state index contributed by atoms with van der Waals surface area (Å²) in [6.07, 6.45) is 10.8. The van der Waals surface area contributed by atoms with E-state index in [0.717, 1.165) is 0 Å². The summed E-state index contributed by atoms with van der Waals surface area (Å²) < 4.78 is 0. The van der Waals surface area contributed by atoms with Crippen molar-refractivity contribution < 1.29 is 0 Å². The van der Waals surface area contributed by atoms with Gasteiger partial charge >= 0.3 is 0 Å². The molecule has 0 amide bonds. The van der Waals surface area contributed by atoms with E-state index in [9.17, 15) is 0 Å². The van der Waals surface area contributed by atoms with Gasteiger partial charge in [0.05, 0.1) is 0 Å². The van der Waals surface area contributed by atoms with Crippen molar-refractivity contribution in [1.82, 2.24) is 0 Å². The van der Waals surface area contributed by atoms with E-state index in [2.05, 4.69) is 25.3 Å². The van der Waals surface area contributed by atoms with Gasteiger partial charge in [0.1, 0.15) is 0 Å². The van der Waals surface area contributed by atoms with E-state index in [0.29, 0.717) is 0 Å². The average Bonchev–Trinajstić information content (AvgIpc) is 2.69. The molecule has 0 nitrogen and oxygen atoms in total. The van der Waals surface area contributed by atoms with E-state index in [1.807, 2.05) is 11.3 Å². The maximum absolute atomic E-state index is 2.33. The first-order valence-electron chi connectivity index (χ1n) is 6.43. The third-order valence-electron chi connectivity index (χ3n) is 2.89. The molecular weight excluding hydrogens is 319 g/mol. The zero-order valence-corrected chi connectivity index (χ0v) is 14.4. The van der Waals surface area contributed by atoms with E-state index >= 15 is 0 Å². The van der Waals surface area contributed by atoms with Crippen molar-refractivity contribution in [3.05, 3.63) is 21.9 Å². The molecule has 0 aliphatic heterocycles. The zero-order valence-electron chi connectivity index (χ0n) is 10.7. The maximum Gasteiger partial charge on any atom is 0.00772 e. The minimum atomic E-state index is 0. The molecule has 1 rings (SSSR count). The molecule has 1 heterocycles. The molecular formula is C14H24SSn. The van der Waals surface area contributed by atoms with E-state index in [4.69, 9.17) is 0 Å². The summed E-state index contributed by atoms with van der Waals surface area (Å²) in [7, 11) is 0. The van der Waals surface area contributed by atoms with Crippen LogP contribution in [0.4, 0.5) is 0 Å². The molecule has 90 valence electrons. The first-order chi connectivity index (χ1) is 7.38. The Morgan fingerprint density at radius 1 is 0.938 bits per heavy atom. The second-order valence-corrected chi connectivity index (χ2v) is 5.28. The van der Waals surface area contributed by atoms with Gasteiger partial charge in [0.25, 0.3) is 0 Å². The van der Waals surface area contributed by atoms with Gasteiger partial charge in [-0.2, -0.15) is 0 Å². The summed E-state index contributed by atoms with van der Waals surface area (Å²) in [6.45, 7) is 4.55. The topological polar surface area (TPSA) is 0 Å². The molecule has 1 aromatic heterocycles. The smallest absolute Gasteiger partial charge is 0.00772 e. The molecule has 0 N–H and O–H groups in total. The summed E-state index contributed by atoms with van der Waals surface area (Å²) >= 11 is 1.95. The predicted octanol–water partition coefficient (Wildman–Crippen LogP) is 4.83. The molecule has 0 fully saturated rings. The summed E-state index contributed by atoms with van der Waals surface area (Å²) in [6, 6.07) is 2.33. The average molecular weight is 343 g/mol. The second kappa shape index (κ2) is 10.6. The van der Waals surface area contributed by atoms with E-state index in [1.54, 1.807) is 10.4 Å². The minimum absolute atomic E-state index is 0. The fourth-order valence-electron chi connectivity index (χ4n) is 1.89. The Kier molecular flexibility index (Phi) is 11.0. The van der Waals surface area contributed by atoms with Crippen molar-refractivity contribution in [3.63, 3.8) is 0 Å². The van der Waals surface area contributed by atoms with Crippen molar-refractivity contribution >= 4 is 35.2 Å². The van der Waals surface area contributed by atoms with Crippen LogP contribution in [0.25, 0.3) is 0 Å². The van der Waals surface area contributed by atoms with Crippen LogP contribution in [0.15, 0.2) is 11.4 Å². The summed E-state index contributed by atoms with van der Waals surface area (Å²) in [5, 5.41) is 2.26. The van der Waals surface area contributed by atoms with E-state index in [-0.39, 0.29) is 23.9 Å². The molecule has 0 unspecified atom stereocenters. The van der Waals surface area contributed by atoms with Gasteiger partial charge in [-0.3, -0.25) is 0 Å². The quantitative estimate of drug-likeness (QED) is 0.468. The number of rotatable bonds is 8. The van der Waals surface area contributed by atoms with Crippen molar-refractivity contribution in [2.75, 3.05) is 0 Å². The molecule has 0 aliphatic carbocycles. The molecule has 16 heavy (non-hydrogen) atoms. The molecule has 4 radical (unpaired) electrons. The fourth-order valence-corrected chi connectivity index (χ4v) is 2.87. The van der Waals surface area contributed by atoms with Crippen LogP contribution in [0.3, 0.4) is 0 Å². The third-order valence-corrected chi connectivity index (χ3v) is 3.92. The molecule has 0 aliphatic rings. The van der Waals surface area contributed by atoms with Gasteiger partial charge in [0, 0.05) is 28.8 Å². The SMILES string of the molecule is CCCCCCc1ccsc1CCCC.[Sn]. The van der Waals surface area contributed by atoms with Gasteiger partial charge < -0.3 is 0 Å². The number of aryl methyl sites for hydroxylation is 2. The van der Waals surface area contributed by atoms with Gasteiger partial charge in [-0.05, 0) is 42.7 Å². The number of thiophene rings is 1. The standard InChI is InChI=1S/C14H24S.Sn/c1-3-5-7-8-9-13-11-12-15-14(13)10-6-4-2;/h11-12H,3-10H2,1-2H3;. The summed E-state index contributed by atoms with van der Waals surface area (Å²) in [4.78, 5) is 1.65.